The number of nitrogens with two attached hydrogens (primary N) is 1. The van der Waals surface area contributed by atoms with Gasteiger partial charge in [0.15, 0.2) is 0 Å². The van der Waals surface area contributed by atoms with Gasteiger partial charge in [-0.15, -0.1) is 0 Å². The molecule has 0 unspecified atom stereocenters. The summed E-state index contributed by atoms with van der Waals surface area (Å²) in [5.74, 6) is 0.893. The van der Waals surface area contributed by atoms with Gasteiger partial charge in [-0.1, -0.05) is 24.0 Å². The van der Waals surface area contributed by atoms with Crippen molar-refractivity contribution in [3.63, 3.8) is 0 Å². The third-order valence-electron chi connectivity index (χ3n) is 3.35. The fraction of sp³-hybridized carbons (Fsp3) is 0.0667. The number of primary sulfonamides is 1. The summed E-state index contributed by atoms with van der Waals surface area (Å²) in [6.07, 6.45) is 1.63. The lowest BCUT2D eigenvalue weighted by molar-refractivity contribution is -0.121. The van der Waals surface area contributed by atoms with Crippen molar-refractivity contribution in [2.75, 3.05) is 7.05 Å². The number of nitrogens with zero attached hydrogens (tertiary/aromatic N) is 1. The van der Waals surface area contributed by atoms with E-state index in [4.69, 9.17) is 21.8 Å². The molecule has 9 heteroatoms. The van der Waals surface area contributed by atoms with E-state index in [9.17, 15) is 13.2 Å². The molecule has 6 nitrogen and oxygen atoms in total. The minimum absolute atomic E-state index is 0.0321. The zero-order chi connectivity index (χ0) is 17.5. The van der Waals surface area contributed by atoms with E-state index < -0.39 is 10.0 Å². The Labute approximate surface area is 148 Å². The Balaban J connectivity index is 1.86. The van der Waals surface area contributed by atoms with E-state index in [1.54, 1.807) is 37.4 Å². The highest BCUT2D eigenvalue weighted by molar-refractivity contribution is 8.26. The van der Waals surface area contributed by atoms with Crippen molar-refractivity contribution in [3.05, 3.63) is 47.1 Å². The second-order valence-electron chi connectivity index (χ2n) is 5.01. The number of thioether (sulfide) groups is 1. The molecule has 3 rings (SSSR count). The number of thiocarbonyl (C=S) groups is 1. The van der Waals surface area contributed by atoms with E-state index in [-0.39, 0.29) is 10.8 Å². The van der Waals surface area contributed by atoms with E-state index in [2.05, 4.69) is 0 Å². The maximum absolute atomic E-state index is 12.0. The van der Waals surface area contributed by atoms with Crippen LogP contribution in [0.1, 0.15) is 5.76 Å². The van der Waals surface area contributed by atoms with E-state index in [0.29, 0.717) is 26.3 Å². The van der Waals surface area contributed by atoms with Crippen LogP contribution in [-0.4, -0.2) is 30.6 Å². The topological polar surface area (TPSA) is 93.6 Å². The number of hydrogen-bond acceptors (Lipinski definition) is 6. The van der Waals surface area contributed by atoms with Crippen molar-refractivity contribution < 1.29 is 17.6 Å². The maximum Gasteiger partial charge on any atom is 0.266 e. The number of amides is 1. The predicted molar refractivity (Wildman–Crippen MR) is 96.5 cm³/mol. The molecule has 2 N–H and O–H groups in total. The Hall–Kier alpha value is -1.94. The molecule has 1 fully saturated rings. The number of benzene rings is 1. The van der Waals surface area contributed by atoms with Gasteiger partial charge >= 0.3 is 0 Å². The Kier molecular flexibility index (Phi) is 4.35. The van der Waals surface area contributed by atoms with Crippen LogP contribution < -0.4 is 5.14 Å². The number of carbonyl (C=O) groups excluding carboxylic acids is 1. The summed E-state index contributed by atoms with van der Waals surface area (Å²) in [5.41, 5.74) is 0.699. The number of furan rings is 1. The summed E-state index contributed by atoms with van der Waals surface area (Å²) in [4.78, 5) is 13.9. The maximum atomic E-state index is 12.0. The van der Waals surface area contributed by atoms with Crippen molar-refractivity contribution in [2.24, 2.45) is 5.14 Å². The van der Waals surface area contributed by atoms with Crippen LogP contribution in [-0.2, 0) is 14.8 Å². The summed E-state index contributed by atoms with van der Waals surface area (Å²) in [7, 11) is -2.10. The molecule has 2 aromatic rings. The van der Waals surface area contributed by atoms with Gasteiger partial charge in [-0.2, -0.15) is 0 Å². The summed E-state index contributed by atoms with van der Waals surface area (Å²) >= 11 is 6.29. The molecule has 0 spiro atoms. The smallest absolute Gasteiger partial charge is 0.266 e. The largest absolute Gasteiger partial charge is 0.457 e. The molecule has 0 bridgehead atoms. The molecule has 0 atom stereocenters. The van der Waals surface area contributed by atoms with Crippen molar-refractivity contribution in [1.29, 1.82) is 0 Å². The van der Waals surface area contributed by atoms with Crippen LogP contribution in [0.2, 0.25) is 0 Å². The van der Waals surface area contributed by atoms with Gasteiger partial charge in [0.05, 0.1) is 9.80 Å². The summed E-state index contributed by atoms with van der Waals surface area (Å²) < 4.78 is 28.7. The van der Waals surface area contributed by atoms with Gasteiger partial charge in [-0.3, -0.25) is 9.69 Å². The molecule has 1 amide bonds. The second-order valence-corrected chi connectivity index (χ2v) is 8.25. The Morgan fingerprint density at radius 1 is 1.21 bits per heavy atom. The fourth-order valence-corrected chi connectivity index (χ4v) is 3.74. The Morgan fingerprint density at radius 3 is 2.42 bits per heavy atom. The van der Waals surface area contributed by atoms with E-state index >= 15 is 0 Å². The van der Waals surface area contributed by atoms with Crippen LogP contribution in [0.15, 0.2) is 50.6 Å². The van der Waals surface area contributed by atoms with Crippen LogP contribution in [0.4, 0.5) is 0 Å². The normalized spacial score (nSPS) is 17.1. The third kappa shape index (κ3) is 3.29. The van der Waals surface area contributed by atoms with Gasteiger partial charge in [0.25, 0.3) is 5.91 Å². The molecule has 2 heterocycles. The molecule has 24 heavy (non-hydrogen) atoms. The molecule has 0 radical (unpaired) electrons. The molecule has 0 aliphatic carbocycles. The van der Waals surface area contributed by atoms with Gasteiger partial charge in [0.1, 0.15) is 15.8 Å². The molecule has 124 valence electrons. The molecule has 1 aromatic carbocycles. The minimum Gasteiger partial charge on any atom is -0.457 e. The predicted octanol–water partition coefficient (Wildman–Crippen LogP) is 2.43. The molecule has 0 saturated carbocycles. The first-order chi connectivity index (χ1) is 11.3. The van der Waals surface area contributed by atoms with Crippen molar-refractivity contribution >= 4 is 50.3 Å². The minimum atomic E-state index is -3.73. The lowest BCUT2D eigenvalue weighted by atomic mass is 10.2. The zero-order valence-electron chi connectivity index (χ0n) is 12.4. The lowest BCUT2D eigenvalue weighted by Crippen LogP contribution is -2.22. The van der Waals surface area contributed by atoms with E-state index in [1.165, 1.54) is 28.8 Å². The lowest BCUT2D eigenvalue weighted by Gasteiger charge is -2.03. The monoisotopic (exact) mass is 380 g/mol. The van der Waals surface area contributed by atoms with Crippen LogP contribution in [0.3, 0.4) is 0 Å². The van der Waals surface area contributed by atoms with Crippen LogP contribution in [0.25, 0.3) is 17.4 Å². The van der Waals surface area contributed by atoms with Crippen LogP contribution in [0.5, 0.6) is 0 Å². The van der Waals surface area contributed by atoms with Gasteiger partial charge < -0.3 is 4.42 Å². The van der Waals surface area contributed by atoms with Gasteiger partial charge in [-0.05, 0) is 36.4 Å². The highest BCUT2D eigenvalue weighted by Crippen LogP contribution is 2.32. The molecule has 1 aliphatic heterocycles. The van der Waals surface area contributed by atoms with E-state index in [1.807, 2.05) is 0 Å². The molecule has 1 aliphatic rings. The van der Waals surface area contributed by atoms with Gasteiger partial charge in [-0.25, -0.2) is 13.6 Å². The van der Waals surface area contributed by atoms with Gasteiger partial charge in [0, 0.05) is 18.7 Å². The molecular weight excluding hydrogens is 368 g/mol. The van der Waals surface area contributed by atoms with Crippen LogP contribution in [0, 0.1) is 0 Å². The van der Waals surface area contributed by atoms with Crippen LogP contribution >= 0.6 is 24.0 Å². The first kappa shape index (κ1) is 16.9. The Morgan fingerprint density at radius 2 is 1.88 bits per heavy atom. The number of hydrogen-bond donors (Lipinski definition) is 1. The average Bonchev–Trinajstić information content (AvgIpc) is 3.08. The number of rotatable bonds is 3. The molecule has 1 aromatic heterocycles. The fourth-order valence-electron chi connectivity index (χ4n) is 2.07. The van der Waals surface area contributed by atoms with Gasteiger partial charge in [0.2, 0.25) is 10.0 Å². The third-order valence-corrected chi connectivity index (χ3v) is 5.77. The second kappa shape index (κ2) is 6.17. The highest BCUT2D eigenvalue weighted by atomic mass is 32.2. The summed E-state index contributed by atoms with van der Waals surface area (Å²) in [5, 5.41) is 5.07. The number of carbonyl (C=O) groups is 1. The summed E-state index contributed by atoms with van der Waals surface area (Å²) in [6, 6.07) is 9.50. The number of sulfonamides is 1. The highest BCUT2D eigenvalue weighted by Gasteiger charge is 2.29. The number of likely N-dealkylation sites (N-methyl/N-ethyl adjacent to an activating group) is 1. The van der Waals surface area contributed by atoms with Crippen molar-refractivity contribution in [3.8, 4) is 11.3 Å². The van der Waals surface area contributed by atoms with Crippen molar-refractivity contribution in [1.82, 2.24) is 4.90 Å². The van der Waals surface area contributed by atoms with Crippen molar-refractivity contribution in [2.45, 2.75) is 4.90 Å². The van der Waals surface area contributed by atoms with E-state index in [0.717, 1.165) is 0 Å². The first-order valence-electron chi connectivity index (χ1n) is 6.70. The molecule has 1 saturated heterocycles. The SMILES string of the molecule is CN1C(=O)/C(=C\c2ccc(-c3ccc(S(N)(=O)=O)cc3)o2)SC1=S. The standard InChI is InChI=1S/C15H12N2O4S3/c1-17-14(18)13(23-15(17)22)8-10-4-7-12(21-10)9-2-5-11(6-3-9)24(16,19)20/h2-8H,1H3,(H2,16,19,20)/b13-8+. The average molecular weight is 380 g/mol. The first-order valence-corrected chi connectivity index (χ1v) is 9.47. The summed E-state index contributed by atoms with van der Waals surface area (Å²) in [6.45, 7) is 0. The Bertz CT molecular complexity index is 959. The molecular formula is C15H12N2O4S3. The quantitative estimate of drug-likeness (QED) is 0.649. The zero-order valence-corrected chi connectivity index (χ0v) is 14.9.